The van der Waals surface area contributed by atoms with Crippen LogP contribution in [0.25, 0.3) is 0 Å². The van der Waals surface area contributed by atoms with Gasteiger partial charge in [-0.25, -0.2) is 4.79 Å². The number of fused-ring (bicyclic) bond motifs is 2. The third-order valence-electron chi connectivity index (χ3n) is 4.00. The number of aliphatic hydroxyl groups is 2. The van der Waals surface area contributed by atoms with Crippen LogP contribution >= 0.6 is 0 Å². The van der Waals surface area contributed by atoms with Crippen LogP contribution in [0.3, 0.4) is 0 Å². The van der Waals surface area contributed by atoms with Crippen LogP contribution < -0.4 is 11.0 Å². The molecule has 0 saturated carbocycles. The quantitative estimate of drug-likeness (QED) is 0.619. The first-order valence-corrected chi connectivity index (χ1v) is 6.88. The van der Waals surface area contributed by atoms with Crippen molar-refractivity contribution in [2.24, 2.45) is 5.92 Å². The summed E-state index contributed by atoms with van der Waals surface area (Å²) in [4.78, 5) is 26.9. The van der Waals surface area contributed by atoms with E-state index in [1.54, 1.807) is 0 Å². The van der Waals surface area contributed by atoms with Crippen molar-refractivity contribution in [3.8, 4) is 0 Å². The molecule has 0 unspecified atom stereocenters. The average molecular weight is 311 g/mol. The Balaban J connectivity index is 1.92. The van der Waals surface area contributed by atoms with Crippen LogP contribution in [0.2, 0.25) is 0 Å². The summed E-state index contributed by atoms with van der Waals surface area (Å²) >= 11 is 0. The summed E-state index contributed by atoms with van der Waals surface area (Å²) < 4.78 is 12.3. The zero-order valence-corrected chi connectivity index (χ0v) is 11.9. The van der Waals surface area contributed by atoms with Crippen molar-refractivity contribution in [1.82, 2.24) is 9.55 Å². The summed E-state index contributed by atoms with van der Waals surface area (Å²) in [5, 5.41) is 22.2. The van der Waals surface area contributed by atoms with Gasteiger partial charge in [-0.05, 0) is 6.07 Å². The third kappa shape index (κ3) is 2.31. The number of hydrogen-bond acceptors (Lipinski definition) is 7. The number of rotatable bonds is 3. The molecule has 1 amide bonds. The summed E-state index contributed by atoms with van der Waals surface area (Å²) in [7, 11) is 0. The highest BCUT2D eigenvalue weighted by molar-refractivity contribution is 5.87. The van der Waals surface area contributed by atoms with Crippen LogP contribution in [0.4, 0.5) is 5.82 Å². The number of carbonyl (C=O) groups is 1. The van der Waals surface area contributed by atoms with E-state index in [0.29, 0.717) is 0 Å². The molecule has 2 fully saturated rings. The second kappa shape index (κ2) is 5.43. The van der Waals surface area contributed by atoms with Crippen LogP contribution in [0.1, 0.15) is 13.2 Å². The lowest BCUT2D eigenvalue weighted by Gasteiger charge is -2.33. The molecule has 9 heteroatoms. The second-order valence-corrected chi connectivity index (χ2v) is 5.54. The lowest BCUT2D eigenvalue weighted by atomic mass is 9.89. The van der Waals surface area contributed by atoms with Crippen molar-refractivity contribution in [1.29, 1.82) is 0 Å². The zero-order chi connectivity index (χ0) is 15.9. The van der Waals surface area contributed by atoms with Gasteiger partial charge in [-0.3, -0.25) is 9.36 Å². The fourth-order valence-electron chi connectivity index (χ4n) is 2.90. The summed E-state index contributed by atoms with van der Waals surface area (Å²) in [6, 6.07) is 1.47. The minimum Gasteiger partial charge on any atom is -0.393 e. The summed E-state index contributed by atoms with van der Waals surface area (Å²) in [5.41, 5.74) is -1.84. The van der Waals surface area contributed by atoms with Gasteiger partial charge in [0.1, 0.15) is 17.6 Å². The molecule has 9 nitrogen and oxygen atoms in total. The molecule has 2 aliphatic rings. The number of ether oxygens (including phenoxy) is 2. The molecular formula is C13H17N3O6. The largest absolute Gasteiger partial charge is 0.393 e. The Morgan fingerprint density at radius 3 is 3.00 bits per heavy atom. The van der Waals surface area contributed by atoms with E-state index < -0.39 is 36.1 Å². The van der Waals surface area contributed by atoms with Gasteiger partial charge in [-0.15, -0.1) is 0 Å². The van der Waals surface area contributed by atoms with E-state index in [-0.39, 0.29) is 24.9 Å². The molecule has 3 N–H and O–H groups in total. The molecule has 4 atom stereocenters. The number of carbonyl (C=O) groups excluding carboxylic acids is 1. The number of nitrogens with one attached hydrogen (secondary N) is 1. The Hall–Kier alpha value is -1.81. The number of anilines is 1. The van der Waals surface area contributed by atoms with Crippen LogP contribution in [-0.2, 0) is 14.3 Å². The van der Waals surface area contributed by atoms with Gasteiger partial charge in [0, 0.05) is 13.1 Å². The Labute approximate surface area is 125 Å². The molecule has 1 aromatic heterocycles. The monoisotopic (exact) mass is 311 g/mol. The van der Waals surface area contributed by atoms with Crippen molar-refractivity contribution < 1.29 is 24.5 Å². The number of amides is 1. The van der Waals surface area contributed by atoms with Gasteiger partial charge in [-0.2, -0.15) is 4.98 Å². The lowest BCUT2D eigenvalue weighted by molar-refractivity contribution is -0.163. The minimum atomic E-state index is -1.22. The van der Waals surface area contributed by atoms with E-state index in [0.717, 1.165) is 0 Å². The second-order valence-electron chi connectivity index (χ2n) is 5.54. The molecule has 120 valence electrons. The van der Waals surface area contributed by atoms with E-state index in [1.165, 1.54) is 23.8 Å². The fourth-order valence-corrected chi connectivity index (χ4v) is 2.90. The molecule has 3 heterocycles. The molecule has 2 aliphatic heterocycles. The van der Waals surface area contributed by atoms with E-state index in [9.17, 15) is 19.8 Å². The Morgan fingerprint density at radius 1 is 1.64 bits per heavy atom. The van der Waals surface area contributed by atoms with Gasteiger partial charge in [0.2, 0.25) is 5.91 Å². The van der Waals surface area contributed by atoms with Crippen LogP contribution in [-0.4, -0.2) is 57.2 Å². The molecule has 22 heavy (non-hydrogen) atoms. The van der Waals surface area contributed by atoms with Crippen molar-refractivity contribution in [3.05, 3.63) is 22.7 Å². The normalized spacial score (nSPS) is 33.7. The van der Waals surface area contributed by atoms with Crippen LogP contribution in [0.5, 0.6) is 0 Å². The van der Waals surface area contributed by atoms with E-state index >= 15 is 0 Å². The first-order chi connectivity index (χ1) is 10.5. The number of aliphatic hydroxyl groups excluding tert-OH is 2. The Morgan fingerprint density at radius 2 is 2.41 bits per heavy atom. The molecule has 0 aliphatic carbocycles. The highest BCUT2D eigenvalue weighted by Crippen LogP contribution is 2.44. The van der Waals surface area contributed by atoms with Gasteiger partial charge in [0.15, 0.2) is 0 Å². The predicted molar refractivity (Wildman–Crippen MR) is 73.1 cm³/mol. The first kappa shape index (κ1) is 15.1. The molecule has 0 radical (unpaired) electrons. The third-order valence-corrected chi connectivity index (χ3v) is 4.00. The topological polar surface area (TPSA) is 123 Å². The predicted octanol–water partition coefficient (Wildman–Crippen LogP) is -1.53. The smallest absolute Gasteiger partial charge is 0.351 e. The van der Waals surface area contributed by atoms with E-state index in [2.05, 4.69) is 10.3 Å². The summed E-state index contributed by atoms with van der Waals surface area (Å²) in [6.07, 6.45) is -0.279. The summed E-state index contributed by atoms with van der Waals surface area (Å²) in [5.74, 6) is -0.670. The maximum absolute atomic E-state index is 12.1. The van der Waals surface area contributed by atoms with Crippen LogP contribution in [0, 0.1) is 5.92 Å². The molecule has 3 rings (SSSR count). The Kier molecular flexibility index (Phi) is 3.73. The van der Waals surface area contributed by atoms with Gasteiger partial charge in [-0.1, -0.05) is 0 Å². The van der Waals surface area contributed by atoms with Crippen molar-refractivity contribution in [2.75, 3.05) is 25.1 Å². The van der Waals surface area contributed by atoms with Crippen molar-refractivity contribution in [3.63, 3.8) is 0 Å². The SMILES string of the molecule is CC(=O)Nc1ccn([C@@H]2O[C@@]3(CO)COC[C@@H]2[C@@H]3O)c(=O)n1. The van der Waals surface area contributed by atoms with Crippen molar-refractivity contribution in [2.45, 2.75) is 24.9 Å². The highest BCUT2D eigenvalue weighted by Gasteiger charge is 2.58. The molecule has 0 aromatic carbocycles. The highest BCUT2D eigenvalue weighted by atomic mass is 16.6. The summed E-state index contributed by atoms with van der Waals surface area (Å²) in [6.45, 7) is 1.18. The Bertz CT molecular complexity index is 647. The maximum Gasteiger partial charge on any atom is 0.351 e. The standard InChI is InChI=1S/C13H17N3O6/c1-7(18)14-9-2-3-16(12(20)15-9)11-8-4-21-6-13(5-17,22-11)10(8)19/h2-3,8,10-11,17,19H,4-6H2,1H3,(H,14,15,18,20)/t8-,10+,11-,13+/m1/s1. The van der Waals surface area contributed by atoms with Crippen LogP contribution in [0.15, 0.2) is 17.1 Å². The van der Waals surface area contributed by atoms with Gasteiger partial charge >= 0.3 is 5.69 Å². The number of hydrogen-bond donors (Lipinski definition) is 3. The number of aromatic nitrogens is 2. The zero-order valence-electron chi connectivity index (χ0n) is 11.9. The van der Waals surface area contributed by atoms with E-state index in [1.807, 2.05) is 0 Å². The number of nitrogens with zero attached hydrogens (tertiary/aromatic N) is 2. The molecule has 0 spiro atoms. The lowest BCUT2D eigenvalue weighted by Crippen LogP contribution is -2.52. The molecule has 1 aromatic rings. The molecule has 2 saturated heterocycles. The fraction of sp³-hybridized carbons (Fsp3) is 0.615. The van der Waals surface area contributed by atoms with Crippen molar-refractivity contribution >= 4 is 11.7 Å². The average Bonchev–Trinajstić information content (AvgIpc) is 2.63. The van der Waals surface area contributed by atoms with Gasteiger partial charge in [0.25, 0.3) is 0 Å². The minimum absolute atomic E-state index is 0.0593. The molecular weight excluding hydrogens is 294 g/mol. The van der Waals surface area contributed by atoms with Gasteiger partial charge in [0.05, 0.1) is 31.8 Å². The van der Waals surface area contributed by atoms with Gasteiger partial charge < -0.3 is 25.0 Å². The first-order valence-electron chi connectivity index (χ1n) is 6.88. The maximum atomic E-state index is 12.1. The van der Waals surface area contributed by atoms with E-state index in [4.69, 9.17) is 9.47 Å². The molecule has 2 bridgehead atoms.